The molecule has 2 fully saturated rings. The highest BCUT2D eigenvalue weighted by atomic mass is 19.3. The summed E-state index contributed by atoms with van der Waals surface area (Å²) in [6, 6.07) is 11.3. The van der Waals surface area contributed by atoms with Crippen LogP contribution in [0.25, 0.3) is 0 Å². The molecule has 1 aromatic heterocycles. The maximum Gasteiger partial charge on any atom is 0.258 e. The van der Waals surface area contributed by atoms with Crippen LogP contribution in [0.1, 0.15) is 51.3 Å². The summed E-state index contributed by atoms with van der Waals surface area (Å²) in [6.07, 6.45) is 9.73. The first-order valence-electron chi connectivity index (χ1n) is 13.7. The van der Waals surface area contributed by atoms with E-state index in [-0.39, 0.29) is 29.3 Å². The van der Waals surface area contributed by atoms with Gasteiger partial charge in [0.25, 0.3) is 5.91 Å². The Balaban J connectivity index is 1.32. The quantitative estimate of drug-likeness (QED) is 0.339. The van der Waals surface area contributed by atoms with Gasteiger partial charge < -0.3 is 14.2 Å². The third-order valence-electron chi connectivity index (χ3n) is 8.67. The van der Waals surface area contributed by atoms with Crippen LogP contribution in [0.15, 0.2) is 42.7 Å². The molecule has 0 bridgehead atoms. The lowest BCUT2D eigenvalue weighted by atomic mass is 9.57. The molecule has 0 spiro atoms. The van der Waals surface area contributed by atoms with Gasteiger partial charge in [0.2, 0.25) is 5.82 Å². The predicted molar refractivity (Wildman–Crippen MR) is 150 cm³/mol. The second-order valence-electron chi connectivity index (χ2n) is 11.5. The van der Waals surface area contributed by atoms with Crippen molar-refractivity contribution in [3.63, 3.8) is 0 Å². The zero-order valence-electron chi connectivity index (χ0n) is 22.9. The van der Waals surface area contributed by atoms with Gasteiger partial charge in [0.15, 0.2) is 7.85 Å². The van der Waals surface area contributed by atoms with E-state index in [0.717, 1.165) is 50.7 Å². The third kappa shape index (κ3) is 4.82. The van der Waals surface area contributed by atoms with Gasteiger partial charge in [-0.1, -0.05) is 12.1 Å². The van der Waals surface area contributed by atoms with Crippen LogP contribution in [0.2, 0.25) is 0 Å². The SMILES string of the molecule is BC(F)(F)c1cc(CN2CCOCC2)cc2c1CN(c1cccc(C3(Cc4nncn4C)CC(C#C)C3)c1)C2=O. The molecule has 1 saturated heterocycles. The zero-order chi connectivity index (χ0) is 28.1. The predicted octanol–water partition coefficient (Wildman–Crippen LogP) is 3.01. The number of ether oxygens (including phenoxy) is 1. The molecule has 6 rings (SSSR count). The number of hydrogen-bond donors (Lipinski definition) is 0. The van der Waals surface area contributed by atoms with E-state index >= 15 is 0 Å². The van der Waals surface area contributed by atoms with E-state index in [1.807, 2.05) is 29.8 Å². The van der Waals surface area contributed by atoms with Gasteiger partial charge in [-0.15, -0.1) is 22.5 Å². The topological polar surface area (TPSA) is 63.5 Å². The third-order valence-corrected chi connectivity index (χ3v) is 8.67. The molecule has 0 N–H and O–H groups in total. The highest BCUT2D eigenvalue weighted by molar-refractivity contribution is 6.15. The van der Waals surface area contributed by atoms with E-state index in [1.54, 1.807) is 23.4 Å². The number of morpholine rings is 1. The maximum absolute atomic E-state index is 14.9. The molecule has 2 aliphatic heterocycles. The van der Waals surface area contributed by atoms with E-state index in [9.17, 15) is 13.6 Å². The molecular formula is C30H32BF2N5O2. The summed E-state index contributed by atoms with van der Waals surface area (Å²) in [5.41, 5.74) is 2.94. The van der Waals surface area contributed by atoms with Gasteiger partial charge in [-0.25, -0.2) is 8.78 Å². The Hall–Kier alpha value is -3.55. The molecule has 3 heterocycles. The summed E-state index contributed by atoms with van der Waals surface area (Å²) in [6.45, 7) is 3.31. The van der Waals surface area contributed by atoms with Crippen molar-refractivity contribution < 1.29 is 18.3 Å². The molecule has 3 aromatic rings. The number of carbonyl (C=O) groups is 1. The molecule has 40 heavy (non-hydrogen) atoms. The fraction of sp³-hybridized carbons (Fsp3) is 0.433. The lowest BCUT2D eigenvalue weighted by molar-refractivity contribution is 0.0340. The van der Waals surface area contributed by atoms with Gasteiger partial charge in [0, 0.05) is 61.2 Å². The lowest BCUT2D eigenvalue weighted by Crippen LogP contribution is -2.43. The van der Waals surface area contributed by atoms with E-state index < -0.39 is 5.82 Å². The van der Waals surface area contributed by atoms with E-state index in [4.69, 9.17) is 11.2 Å². The van der Waals surface area contributed by atoms with Crippen molar-refractivity contribution in [1.82, 2.24) is 19.7 Å². The zero-order valence-corrected chi connectivity index (χ0v) is 22.9. The standard InChI is InChI=1S/C30H32BF2N5O2/c1-3-20-14-29(15-20,16-27-35-34-19-36(27)2)22-5-4-6-23(13-22)38-18-25-24(28(38)39)11-21(12-26(25)30(31,32)33)17-37-7-9-40-10-8-37/h1,4-6,11-13,19-20H,7-10,14-18,31H2,2H3. The molecule has 1 amide bonds. The second kappa shape index (κ2) is 10.1. The van der Waals surface area contributed by atoms with E-state index in [0.29, 0.717) is 43.0 Å². The number of benzene rings is 2. The van der Waals surface area contributed by atoms with Gasteiger partial charge in [-0.3, -0.25) is 9.69 Å². The minimum atomic E-state index is -3.07. The van der Waals surface area contributed by atoms with E-state index in [1.165, 1.54) is 0 Å². The Morgan fingerprint density at radius 1 is 1.23 bits per heavy atom. The van der Waals surface area contributed by atoms with Gasteiger partial charge >= 0.3 is 0 Å². The first kappa shape index (κ1) is 26.7. The van der Waals surface area contributed by atoms with Crippen LogP contribution in [0, 0.1) is 18.3 Å². The van der Waals surface area contributed by atoms with E-state index in [2.05, 4.69) is 27.1 Å². The molecular weight excluding hydrogens is 511 g/mol. The number of halogens is 2. The first-order valence-corrected chi connectivity index (χ1v) is 13.7. The normalized spacial score (nSPS) is 23.1. The van der Waals surface area contributed by atoms with Crippen LogP contribution >= 0.6 is 0 Å². The molecule has 0 atom stereocenters. The Morgan fingerprint density at radius 3 is 2.67 bits per heavy atom. The summed E-state index contributed by atoms with van der Waals surface area (Å²) in [7, 11) is 2.83. The molecule has 206 valence electrons. The number of terminal acetylenes is 1. The number of alkyl halides is 2. The first-order chi connectivity index (χ1) is 19.2. The molecule has 0 unspecified atom stereocenters. The summed E-state index contributed by atoms with van der Waals surface area (Å²) >= 11 is 0. The van der Waals surface area contributed by atoms with Gasteiger partial charge in [0.05, 0.1) is 19.8 Å². The fourth-order valence-electron chi connectivity index (χ4n) is 6.43. The average Bonchev–Trinajstić information content (AvgIpc) is 3.47. The van der Waals surface area contributed by atoms with Gasteiger partial charge in [0.1, 0.15) is 12.2 Å². The number of aromatic nitrogens is 3. The monoisotopic (exact) mass is 543 g/mol. The molecule has 7 nitrogen and oxygen atoms in total. The highest BCUT2D eigenvalue weighted by Gasteiger charge is 2.46. The van der Waals surface area contributed by atoms with Crippen molar-refractivity contribution in [2.45, 2.75) is 43.6 Å². The van der Waals surface area contributed by atoms with Crippen LogP contribution in [-0.2, 0) is 42.5 Å². The molecule has 10 heteroatoms. The molecule has 1 aliphatic carbocycles. The molecule has 0 radical (unpaired) electrons. The van der Waals surface area contributed by atoms with Gasteiger partial charge in [-0.2, -0.15) is 0 Å². The average molecular weight is 543 g/mol. The smallest absolute Gasteiger partial charge is 0.258 e. The van der Waals surface area contributed by atoms with Crippen molar-refractivity contribution in [3.8, 4) is 12.3 Å². The van der Waals surface area contributed by atoms with Crippen LogP contribution < -0.4 is 4.90 Å². The Morgan fingerprint density at radius 2 is 2.00 bits per heavy atom. The number of aryl methyl sites for hydroxylation is 1. The van der Waals surface area contributed by atoms with Crippen LogP contribution in [0.3, 0.4) is 0 Å². The van der Waals surface area contributed by atoms with Crippen LogP contribution in [-0.4, -0.2) is 59.7 Å². The Kier molecular flexibility index (Phi) is 6.75. The number of rotatable bonds is 7. The summed E-state index contributed by atoms with van der Waals surface area (Å²) in [5.74, 6) is 0.597. The van der Waals surface area contributed by atoms with Crippen LogP contribution in [0.4, 0.5) is 14.5 Å². The van der Waals surface area contributed by atoms with Crippen LogP contribution in [0.5, 0.6) is 0 Å². The molecule has 3 aliphatic rings. The number of carbonyl (C=O) groups excluding carboxylic acids is 1. The highest BCUT2D eigenvalue weighted by Crippen LogP contribution is 2.50. The van der Waals surface area contributed by atoms with Crippen molar-refractivity contribution in [3.05, 3.63) is 76.4 Å². The molecule has 2 aromatic carbocycles. The number of anilines is 1. The Labute approximate surface area is 233 Å². The van der Waals surface area contributed by atoms with Crippen molar-refractivity contribution in [1.29, 1.82) is 0 Å². The fourth-order valence-corrected chi connectivity index (χ4v) is 6.43. The maximum atomic E-state index is 14.9. The van der Waals surface area contributed by atoms with Crippen molar-refractivity contribution >= 4 is 19.4 Å². The summed E-state index contributed by atoms with van der Waals surface area (Å²) < 4.78 is 37.1. The Bertz CT molecular complexity index is 1480. The minimum absolute atomic E-state index is 0.0742. The number of amides is 1. The largest absolute Gasteiger partial charge is 0.379 e. The summed E-state index contributed by atoms with van der Waals surface area (Å²) in [4.78, 5) is 17.6. The minimum Gasteiger partial charge on any atom is -0.379 e. The van der Waals surface area contributed by atoms with Crippen molar-refractivity contribution in [2.24, 2.45) is 13.0 Å². The lowest BCUT2D eigenvalue weighted by Gasteiger charge is -2.46. The molecule has 1 saturated carbocycles. The van der Waals surface area contributed by atoms with Gasteiger partial charge in [-0.05, 0) is 53.8 Å². The summed E-state index contributed by atoms with van der Waals surface area (Å²) in [5, 5.41) is 8.33. The number of nitrogens with zero attached hydrogens (tertiary/aromatic N) is 5. The van der Waals surface area contributed by atoms with Crippen molar-refractivity contribution in [2.75, 3.05) is 31.2 Å². The second-order valence-corrected chi connectivity index (χ2v) is 11.5. The number of hydrogen-bond acceptors (Lipinski definition) is 5. The number of fused-ring (bicyclic) bond motifs is 1.